The molecule has 0 aliphatic carbocycles. The summed E-state index contributed by atoms with van der Waals surface area (Å²) in [5, 5.41) is 2.80. The van der Waals surface area contributed by atoms with Crippen LogP contribution in [0.3, 0.4) is 0 Å². The maximum atomic E-state index is 12.5. The number of rotatable bonds is 7. The third-order valence-electron chi connectivity index (χ3n) is 5.08. The Bertz CT molecular complexity index is 687. The Hall–Kier alpha value is -2.21. The number of hydrogen-bond donors (Lipinski definition) is 1. The number of hydrogen-bond acceptors (Lipinski definition) is 4. The monoisotopic (exact) mass is 373 g/mol. The zero-order valence-electron chi connectivity index (χ0n) is 16.7. The van der Waals surface area contributed by atoms with Gasteiger partial charge in [0.1, 0.15) is 0 Å². The minimum Gasteiger partial charge on any atom is -0.355 e. The van der Waals surface area contributed by atoms with Crippen molar-refractivity contribution in [3.05, 3.63) is 34.9 Å². The average molecular weight is 373 g/mol. The molecule has 27 heavy (non-hydrogen) atoms. The molecule has 1 aromatic carbocycles. The highest BCUT2D eigenvalue weighted by Crippen LogP contribution is 2.13. The smallest absolute Gasteiger partial charge is 0.234 e. The van der Waals surface area contributed by atoms with Crippen molar-refractivity contribution in [1.29, 1.82) is 0 Å². The molecule has 6 nitrogen and oxygen atoms in total. The quantitative estimate of drug-likeness (QED) is 0.742. The number of likely N-dealkylation sites (N-methyl/N-ethyl adjacent to an activating group) is 1. The van der Waals surface area contributed by atoms with Crippen molar-refractivity contribution in [2.24, 2.45) is 0 Å². The van der Waals surface area contributed by atoms with E-state index in [9.17, 15) is 14.4 Å². The first-order valence-corrected chi connectivity index (χ1v) is 9.78. The number of nitrogens with one attached hydrogen (secondary N) is 1. The second-order valence-electron chi connectivity index (χ2n) is 7.19. The van der Waals surface area contributed by atoms with Gasteiger partial charge in [0.05, 0.1) is 6.54 Å². The van der Waals surface area contributed by atoms with Crippen LogP contribution in [0.5, 0.6) is 0 Å². The molecule has 0 saturated carbocycles. The van der Waals surface area contributed by atoms with Crippen LogP contribution in [0.2, 0.25) is 0 Å². The number of amides is 2. The van der Waals surface area contributed by atoms with Crippen LogP contribution in [-0.4, -0.2) is 66.7 Å². The van der Waals surface area contributed by atoms with Crippen LogP contribution in [-0.2, 0) is 9.59 Å². The fraction of sp³-hybridized carbons (Fsp3) is 0.571. The molecule has 0 aromatic heterocycles. The SMILES string of the molecule is CCNC(=O)CN1CCCN(C(=O)CCC(=O)c2ccc(C)c(C)c2)CC1. The van der Waals surface area contributed by atoms with E-state index in [0.717, 1.165) is 24.1 Å². The molecule has 0 spiro atoms. The van der Waals surface area contributed by atoms with Crippen molar-refractivity contribution in [2.45, 2.75) is 40.0 Å². The summed E-state index contributed by atoms with van der Waals surface area (Å²) in [5.41, 5.74) is 2.92. The third-order valence-corrected chi connectivity index (χ3v) is 5.08. The first kappa shape index (κ1) is 21.1. The molecular formula is C21H31N3O3. The predicted molar refractivity (Wildman–Crippen MR) is 106 cm³/mol. The highest BCUT2D eigenvalue weighted by atomic mass is 16.2. The van der Waals surface area contributed by atoms with Crippen LogP contribution >= 0.6 is 0 Å². The summed E-state index contributed by atoms with van der Waals surface area (Å²) < 4.78 is 0. The number of benzene rings is 1. The molecule has 1 fully saturated rings. The van der Waals surface area contributed by atoms with Crippen molar-refractivity contribution < 1.29 is 14.4 Å². The summed E-state index contributed by atoms with van der Waals surface area (Å²) in [6.45, 7) is 9.70. The number of nitrogens with zero attached hydrogens (tertiary/aromatic N) is 2. The van der Waals surface area contributed by atoms with Gasteiger partial charge in [0.15, 0.2) is 5.78 Å². The summed E-state index contributed by atoms with van der Waals surface area (Å²) in [4.78, 5) is 40.5. The topological polar surface area (TPSA) is 69.7 Å². The molecule has 1 aliphatic rings. The van der Waals surface area contributed by atoms with Gasteiger partial charge in [-0.05, 0) is 44.4 Å². The molecule has 0 radical (unpaired) electrons. The minimum absolute atomic E-state index is 0.0131. The number of Topliss-reactive ketones (excluding diaryl/α,β-unsaturated/α-hetero) is 1. The van der Waals surface area contributed by atoms with E-state index >= 15 is 0 Å². The fourth-order valence-corrected chi connectivity index (χ4v) is 3.27. The van der Waals surface area contributed by atoms with Crippen LogP contribution in [0.4, 0.5) is 0 Å². The van der Waals surface area contributed by atoms with Crippen molar-refractivity contribution in [3.63, 3.8) is 0 Å². The zero-order chi connectivity index (χ0) is 19.8. The van der Waals surface area contributed by atoms with Crippen LogP contribution < -0.4 is 5.32 Å². The van der Waals surface area contributed by atoms with Gasteiger partial charge in [-0.3, -0.25) is 19.3 Å². The largest absolute Gasteiger partial charge is 0.355 e. The zero-order valence-corrected chi connectivity index (χ0v) is 16.7. The first-order valence-electron chi connectivity index (χ1n) is 9.78. The maximum absolute atomic E-state index is 12.5. The van der Waals surface area contributed by atoms with Gasteiger partial charge >= 0.3 is 0 Å². The Morgan fingerprint density at radius 2 is 1.78 bits per heavy atom. The summed E-state index contributed by atoms with van der Waals surface area (Å²) >= 11 is 0. The van der Waals surface area contributed by atoms with E-state index in [2.05, 4.69) is 10.2 Å². The van der Waals surface area contributed by atoms with Crippen LogP contribution in [0.25, 0.3) is 0 Å². The van der Waals surface area contributed by atoms with Gasteiger partial charge in [-0.25, -0.2) is 0 Å². The molecule has 0 bridgehead atoms. The molecule has 1 aromatic rings. The molecule has 1 aliphatic heterocycles. The lowest BCUT2D eigenvalue weighted by molar-refractivity contribution is -0.131. The first-order chi connectivity index (χ1) is 12.9. The summed E-state index contributed by atoms with van der Waals surface area (Å²) in [7, 11) is 0. The summed E-state index contributed by atoms with van der Waals surface area (Å²) in [6.07, 6.45) is 1.32. The van der Waals surface area contributed by atoms with Gasteiger partial charge in [-0.2, -0.15) is 0 Å². The second-order valence-corrected chi connectivity index (χ2v) is 7.19. The molecule has 1 N–H and O–H groups in total. The fourth-order valence-electron chi connectivity index (χ4n) is 3.27. The lowest BCUT2D eigenvalue weighted by atomic mass is 10.0. The Kier molecular flexibility index (Phi) is 7.98. The Balaban J connectivity index is 1.81. The van der Waals surface area contributed by atoms with Gasteiger partial charge in [-0.1, -0.05) is 12.1 Å². The van der Waals surface area contributed by atoms with E-state index in [1.165, 1.54) is 0 Å². The minimum atomic E-state index is 0.0131. The van der Waals surface area contributed by atoms with E-state index < -0.39 is 0 Å². The van der Waals surface area contributed by atoms with E-state index in [0.29, 0.717) is 38.3 Å². The molecule has 0 unspecified atom stereocenters. The van der Waals surface area contributed by atoms with Crippen LogP contribution in [0.15, 0.2) is 18.2 Å². The van der Waals surface area contributed by atoms with Crippen molar-refractivity contribution in [3.8, 4) is 0 Å². The lowest BCUT2D eigenvalue weighted by Gasteiger charge is -2.21. The Labute approximate surface area is 161 Å². The van der Waals surface area contributed by atoms with Gasteiger partial charge in [-0.15, -0.1) is 0 Å². The van der Waals surface area contributed by atoms with E-state index in [1.54, 1.807) is 0 Å². The molecule has 6 heteroatoms. The van der Waals surface area contributed by atoms with Gasteiger partial charge in [0.25, 0.3) is 0 Å². The summed E-state index contributed by atoms with van der Waals surface area (Å²) in [6, 6.07) is 5.68. The van der Waals surface area contributed by atoms with Crippen molar-refractivity contribution in [2.75, 3.05) is 39.3 Å². The number of aryl methyl sites for hydroxylation is 2. The highest BCUT2D eigenvalue weighted by molar-refractivity contribution is 5.98. The molecular weight excluding hydrogens is 342 g/mol. The standard InChI is InChI=1S/C21H31N3O3/c1-4-22-20(26)15-23-10-5-11-24(13-12-23)21(27)9-8-19(25)18-7-6-16(2)17(3)14-18/h6-7,14H,4-5,8-13,15H2,1-3H3,(H,22,26). The average Bonchev–Trinajstić information content (AvgIpc) is 2.87. The summed E-state index contributed by atoms with van der Waals surface area (Å²) in [5.74, 6) is 0.0578. The van der Waals surface area contributed by atoms with E-state index in [4.69, 9.17) is 0 Å². The van der Waals surface area contributed by atoms with E-state index in [-0.39, 0.29) is 30.4 Å². The lowest BCUT2D eigenvalue weighted by Crippen LogP contribution is -2.40. The van der Waals surface area contributed by atoms with Crippen molar-refractivity contribution >= 4 is 17.6 Å². The molecule has 2 amide bonds. The highest BCUT2D eigenvalue weighted by Gasteiger charge is 2.21. The van der Waals surface area contributed by atoms with Crippen molar-refractivity contribution in [1.82, 2.24) is 15.1 Å². The van der Waals surface area contributed by atoms with Gasteiger partial charge < -0.3 is 10.2 Å². The number of ketones is 1. The van der Waals surface area contributed by atoms with Crippen LogP contribution in [0.1, 0.15) is 47.7 Å². The van der Waals surface area contributed by atoms with Gasteiger partial charge in [0, 0.05) is 51.1 Å². The predicted octanol–water partition coefficient (Wildman–Crippen LogP) is 1.94. The van der Waals surface area contributed by atoms with Gasteiger partial charge in [0.2, 0.25) is 11.8 Å². The molecule has 148 valence electrons. The Morgan fingerprint density at radius 1 is 1.00 bits per heavy atom. The molecule has 1 saturated heterocycles. The molecule has 2 rings (SSSR count). The van der Waals surface area contributed by atoms with E-state index in [1.807, 2.05) is 43.9 Å². The maximum Gasteiger partial charge on any atom is 0.234 e. The third kappa shape index (κ3) is 6.47. The number of carbonyl (C=O) groups excluding carboxylic acids is 3. The van der Waals surface area contributed by atoms with Crippen LogP contribution in [0, 0.1) is 13.8 Å². The number of carbonyl (C=O) groups is 3. The normalized spacial score (nSPS) is 15.3. The second kappa shape index (κ2) is 10.2. The molecule has 0 atom stereocenters. The Morgan fingerprint density at radius 3 is 2.48 bits per heavy atom. The molecule has 1 heterocycles.